The number of hydrogen-bond donors (Lipinski definition) is 0. The first-order chi connectivity index (χ1) is 13.3. The molecule has 2 aromatic rings. The van der Waals surface area contributed by atoms with Gasteiger partial charge < -0.3 is 14.4 Å². The lowest BCUT2D eigenvalue weighted by molar-refractivity contribution is -0.0359. The minimum atomic E-state index is -0.499. The number of hydrogen-bond acceptors (Lipinski definition) is 3. The molecule has 2 aromatic carbocycles. The van der Waals surface area contributed by atoms with Crippen LogP contribution in [0.5, 0.6) is 0 Å². The van der Waals surface area contributed by atoms with Crippen LogP contribution >= 0.6 is 15.9 Å². The van der Waals surface area contributed by atoms with Crippen LogP contribution in [0.3, 0.4) is 0 Å². The second-order valence-corrected chi connectivity index (χ2v) is 9.12. The summed E-state index contributed by atoms with van der Waals surface area (Å²) in [6, 6.07) is 18.6. The first kappa shape index (κ1) is 20.9. The fraction of sp³-hybridized carbons (Fsp3) is 0.435. The SMILES string of the molecule is CC(C)(C)OC(=O)N1CC[C@H](c2ccccc2)[C@@H](OCc2ccc(Br)cc2)C1. The molecule has 0 radical (unpaired) electrons. The Morgan fingerprint density at radius 1 is 1.11 bits per heavy atom. The minimum Gasteiger partial charge on any atom is -0.444 e. The molecule has 0 bridgehead atoms. The Kier molecular flexibility index (Phi) is 6.78. The van der Waals surface area contributed by atoms with E-state index in [2.05, 4.69) is 52.3 Å². The monoisotopic (exact) mass is 445 g/mol. The van der Waals surface area contributed by atoms with Crippen LogP contribution in [0.2, 0.25) is 0 Å². The molecule has 1 aliphatic heterocycles. The van der Waals surface area contributed by atoms with Gasteiger partial charge in [0.05, 0.1) is 19.3 Å². The quantitative estimate of drug-likeness (QED) is 0.600. The number of likely N-dealkylation sites (tertiary alicyclic amines) is 1. The highest BCUT2D eigenvalue weighted by atomic mass is 79.9. The van der Waals surface area contributed by atoms with Gasteiger partial charge in [-0.1, -0.05) is 58.4 Å². The fourth-order valence-electron chi connectivity index (χ4n) is 3.44. The molecule has 1 aliphatic rings. The summed E-state index contributed by atoms with van der Waals surface area (Å²) >= 11 is 3.46. The van der Waals surface area contributed by atoms with Gasteiger partial charge in [0.1, 0.15) is 5.60 Å². The summed E-state index contributed by atoms with van der Waals surface area (Å²) in [4.78, 5) is 14.3. The summed E-state index contributed by atoms with van der Waals surface area (Å²) < 4.78 is 12.9. The second-order valence-electron chi connectivity index (χ2n) is 8.21. The highest BCUT2D eigenvalue weighted by Crippen LogP contribution is 2.31. The summed E-state index contributed by atoms with van der Waals surface area (Å²) in [6.07, 6.45) is 0.511. The Hall–Kier alpha value is -1.85. The molecule has 4 nitrogen and oxygen atoms in total. The third-order valence-corrected chi connectivity index (χ3v) is 5.34. The van der Waals surface area contributed by atoms with Crippen molar-refractivity contribution in [3.63, 3.8) is 0 Å². The molecule has 0 saturated carbocycles. The smallest absolute Gasteiger partial charge is 0.410 e. The fourth-order valence-corrected chi connectivity index (χ4v) is 3.71. The molecule has 2 atom stereocenters. The maximum atomic E-state index is 12.6. The number of rotatable bonds is 4. The van der Waals surface area contributed by atoms with Gasteiger partial charge in [0.15, 0.2) is 0 Å². The summed E-state index contributed by atoms with van der Waals surface area (Å²) in [7, 11) is 0. The molecule has 1 heterocycles. The van der Waals surface area contributed by atoms with Crippen molar-refractivity contribution in [3.05, 3.63) is 70.2 Å². The molecular weight excluding hydrogens is 418 g/mol. The lowest BCUT2D eigenvalue weighted by atomic mass is 9.87. The minimum absolute atomic E-state index is 0.0766. The molecule has 0 aliphatic carbocycles. The standard InChI is InChI=1S/C23H28BrNO3/c1-23(2,3)28-22(26)25-14-13-20(18-7-5-4-6-8-18)21(15-25)27-16-17-9-11-19(24)12-10-17/h4-12,20-21H,13-16H2,1-3H3/t20-,21+/m1/s1. The Bertz CT molecular complexity index is 771. The lowest BCUT2D eigenvalue weighted by Gasteiger charge is -2.39. The van der Waals surface area contributed by atoms with E-state index in [4.69, 9.17) is 9.47 Å². The Morgan fingerprint density at radius 3 is 2.43 bits per heavy atom. The summed E-state index contributed by atoms with van der Waals surface area (Å²) in [5, 5.41) is 0. The number of carbonyl (C=O) groups is 1. The maximum absolute atomic E-state index is 12.6. The maximum Gasteiger partial charge on any atom is 0.410 e. The molecule has 150 valence electrons. The summed E-state index contributed by atoms with van der Waals surface area (Å²) in [6.45, 7) is 7.40. The predicted octanol–water partition coefficient (Wildman–Crippen LogP) is 5.76. The van der Waals surface area contributed by atoms with Gasteiger partial charge in [-0.05, 0) is 50.5 Å². The molecule has 1 fully saturated rings. The average Bonchev–Trinajstić information content (AvgIpc) is 2.67. The first-order valence-corrected chi connectivity index (χ1v) is 10.5. The van der Waals surface area contributed by atoms with E-state index in [-0.39, 0.29) is 18.1 Å². The third-order valence-electron chi connectivity index (χ3n) is 4.82. The van der Waals surface area contributed by atoms with Crippen molar-refractivity contribution in [1.82, 2.24) is 4.90 Å². The van der Waals surface area contributed by atoms with Gasteiger partial charge in [0, 0.05) is 16.9 Å². The van der Waals surface area contributed by atoms with Crippen LogP contribution in [0, 0.1) is 0 Å². The van der Waals surface area contributed by atoms with Crippen LogP contribution in [0.4, 0.5) is 4.79 Å². The largest absolute Gasteiger partial charge is 0.444 e. The zero-order valence-corrected chi connectivity index (χ0v) is 18.3. The van der Waals surface area contributed by atoms with Crippen molar-refractivity contribution < 1.29 is 14.3 Å². The second kappa shape index (κ2) is 9.10. The normalized spacial score (nSPS) is 20.1. The molecule has 1 saturated heterocycles. The average molecular weight is 446 g/mol. The van der Waals surface area contributed by atoms with Crippen molar-refractivity contribution >= 4 is 22.0 Å². The summed E-state index contributed by atoms with van der Waals surface area (Å²) in [5.41, 5.74) is 1.87. The third kappa shape index (κ3) is 5.82. The molecule has 0 N–H and O–H groups in total. The van der Waals surface area contributed by atoms with Crippen LogP contribution in [0.15, 0.2) is 59.1 Å². The molecule has 28 heavy (non-hydrogen) atoms. The molecular formula is C23H28BrNO3. The van der Waals surface area contributed by atoms with Gasteiger partial charge in [-0.2, -0.15) is 0 Å². The Labute approximate surface area is 176 Å². The van der Waals surface area contributed by atoms with Crippen molar-refractivity contribution in [2.75, 3.05) is 13.1 Å². The highest BCUT2D eigenvalue weighted by Gasteiger charge is 2.35. The molecule has 0 spiro atoms. The van der Waals surface area contributed by atoms with Gasteiger partial charge in [0.25, 0.3) is 0 Å². The van der Waals surface area contributed by atoms with Crippen LogP contribution in [-0.4, -0.2) is 35.8 Å². The highest BCUT2D eigenvalue weighted by molar-refractivity contribution is 9.10. The lowest BCUT2D eigenvalue weighted by Crippen LogP contribution is -2.48. The molecule has 1 amide bonds. The van der Waals surface area contributed by atoms with E-state index in [1.165, 1.54) is 5.56 Å². The molecule has 3 rings (SSSR count). The van der Waals surface area contributed by atoms with Crippen LogP contribution in [0.25, 0.3) is 0 Å². The molecule has 0 unspecified atom stereocenters. The van der Waals surface area contributed by atoms with Gasteiger partial charge in [-0.25, -0.2) is 4.79 Å². The van der Waals surface area contributed by atoms with Crippen molar-refractivity contribution in [3.8, 4) is 0 Å². The van der Waals surface area contributed by atoms with E-state index in [9.17, 15) is 4.79 Å². The van der Waals surface area contributed by atoms with Crippen molar-refractivity contribution in [1.29, 1.82) is 0 Å². The number of nitrogens with zero attached hydrogens (tertiary/aromatic N) is 1. The molecule has 0 aromatic heterocycles. The number of ether oxygens (including phenoxy) is 2. The number of carbonyl (C=O) groups excluding carboxylic acids is 1. The number of piperidine rings is 1. The van der Waals surface area contributed by atoms with E-state index < -0.39 is 5.60 Å². The first-order valence-electron chi connectivity index (χ1n) is 9.71. The van der Waals surface area contributed by atoms with Gasteiger partial charge in [-0.15, -0.1) is 0 Å². The van der Waals surface area contributed by atoms with Crippen molar-refractivity contribution in [2.45, 2.75) is 51.4 Å². The number of amides is 1. The topological polar surface area (TPSA) is 38.8 Å². The van der Waals surface area contributed by atoms with E-state index in [0.29, 0.717) is 19.7 Å². The van der Waals surface area contributed by atoms with Crippen molar-refractivity contribution in [2.24, 2.45) is 0 Å². The Morgan fingerprint density at radius 2 is 1.79 bits per heavy atom. The van der Waals surface area contributed by atoms with E-state index in [1.54, 1.807) is 4.90 Å². The van der Waals surface area contributed by atoms with Crippen LogP contribution < -0.4 is 0 Å². The van der Waals surface area contributed by atoms with E-state index >= 15 is 0 Å². The Balaban J connectivity index is 1.72. The zero-order valence-electron chi connectivity index (χ0n) is 16.7. The molecule has 5 heteroatoms. The number of benzene rings is 2. The van der Waals surface area contributed by atoms with E-state index in [0.717, 1.165) is 16.5 Å². The van der Waals surface area contributed by atoms with Gasteiger partial charge >= 0.3 is 6.09 Å². The summed E-state index contributed by atoms with van der Waals surface area (Å²) in [5.74, 6) is 0.260. The van der Waals surface area contributed by atoms with E-state index in [1.807, 2.05) is 39.0 Å². The van der Waals surface area contributed by atoms with Crippen LogP contribution in [0.1, 0.15) is 44.2 Å². The zero-order chi connectivity index (χ0) is 20.1. The number of halogens is 1. The van der Waals surface area contributed by atoms with Gasteiger partial charge in [-0.3, -0.25) is 0 Å². The van der Waals surface area contributed by atoms with Crippen LogP contribution in [-0.2, 0) is 16.1 Å². The predicted molar refractivity (Wildman–Crippen MR) is 114 cm³/mol. The van der Waals surface area contributed by atoms with Gasteiger partial charge in [0.2, 0.25) is 0 Å².